The predicted octanol–water partition coefficient (Wildman–Crippen LogP) is 4.73. The molecule has 1 atom stereocenters. The third-order valence-electron chi connectivity index (χ3n) is 5.62. The van der Waals surface area contributed by atoms with Gasteiger partial charge in [-0.15, -0.1) is 0 Å². The van der Waals surface area contributed by atoms with E-state index >= 15 is 0 Å². The van der Waals surface area contributed by atoms with Gasteiger partial charge >= 0.3 is 6.18 Å². The van der Waals surface area contributed by atoms with E-state index in [1.165, 1.54) is 6.07 Å². The quantitative estimate of drug-likeness (QED) is 0.487. The first-order valence-corrected chi connectivity index (χ1v) is 10.4. The number of alkyl halides is 3. The largest absolute Gasteiger partial charge is 0.416 e. The zero-order valence-corrected chi connectivity index (χ0v) is 17.8. The van der Waals surface area contributed by atoms with Crippen molar-refractivity contribution in [1.82, 2.24) is 15.0 Å². The fraction of sp³-hybridized carbons (Fsp3) is 0.409. The number of hydrogen-bond donors (Lipinski definition) is 3. The van der Waals surface area contributed by atoms with Crippen molar-refractivity contribution in [2.24, 2.45) is 0 Å². The molecule has 1 aromatic carbocycles. The molecule has 3 heterocycles. The Bertz CT molecular complexity index is 1110. The molecule has 0 radical (unpaired) electrons. The van der Waals surface area contributed by atoms with Crippen molar-refractivity contribution in [2.75, 3.05) is 36.6 Å². The van der Waals surface area contributed by atoms with Gasteiger partial charge in [0.25, 0.3) is 0 Å². The van der Waals surface area contributed by atoms with Crippen LogP contribution in [0.25, 0.3) is 10.9 Å². The van der Waals surface area contributed by atoms with Crippen molar-refractivity contribution >= 4 is 28.4 Å². The highest BCUT2D eigenvalue weighted by atomic mass is 19.4. The summed E-state index contributed by atoms with van der Waals surface area (Å²) in [4.78, 5) is 13.6. The van der Waals surface area contributed by atoms with Crippen LogP contribution in [0.15, 0.2) is 30.5 Å². The van der Waals surface area contributed by atoms with E-state index in [4.69, 9.17) is 10.5 Å². The van der Waals surface area contributed by atoms with Crippen LogP contribution in [-0.2, 0) is 10.9 Å². The van der Waals surface area contributed by atoms with Gasteiger partial charge in [0.05, 0.1) is 23.3 Å². The molecule has 0 saturated carbocycles. The Morgan fingerprint density at radius 3 is 2.56 bits per heavy atom. The molecule has 0 amide bonds. The van der Waals surface area contributed by atoms with Gasteiger partial charge in [0.2, 0.25) is 5.95 Å². The molecule has 0 aliphatic carbocycles. The van der Waals surface area contributed by atoms with Gasteiger partial charge in [-0.3, -0.25) is 4.98 Å². The van der Waals surface area contributed by atoms with Gasteiger partial charge in [-0.1, -0.05) is 0 Å². The summed E-state index contributed by atoms with van der Waals surface area (Å²) in [6, 6.07) is 5.04. The lowest BCUT2D eigenvalue weighted by Gasteiger charge is -2.22. The number of benzene rings is 1. The zero-order valence-electron chi connectivity index (χ0n) is 17.8. The summed E-state index contributed by atoms with van der Waals surface area (Å²) < 4.78 is 45.2. The Labute approximate surface area is 183 Å². The second kappa shape index (κ2) is 8.78. The number of fused-ring (bicyclic) bond motifs is 1. The smallest absolute Gasteiger partial charge is 0.399 e. The Morgan fingerprint density at radius 1 is 1.12 bits per heavy atom. The highest BCUT2D eigenvalue weighted by Gasteiger charge is 2.31. The van der Waals surface area contributed by atoms with E-state index in [0.717, 1.165) is 36.1 Å². The number of pyridine rings is 1. The molecule has 0 spiro atoms. The minimum atomic E-state index is -4.48. The van der Waals surface area contributed by atoms with Gasteiger partial charge in [-0.25, -0.2) is 4.98 Å². The van der Waals surface area contributed by atoms with Crippen molar-refractivity contribution in [3.63, 3.8) is 0 Å². The average Bonchev–Trinajstić information content (AvgIpc) is 2.78. The summed E-state index contributed by atoms with van der Waals surface area (Å²) in [5, 5.41) is 6.92. The number of nitrogens with zero attached hydrogens (tertiary/aromatic N) is 3. The fourth-order valence-electron chi connectivity index (χ4n) is 3.87. The van der Waals surface area contributed by atoms with Gasteiger partial charge in [-0.2, -0.15) is 18.2 Å². The van der Waals surface area contributed by atoms with Crippen molar-refractivity contribution in [2.45, 2.75) is 37.9 Å². The molecule has 1 aliphatic heterocycles. The van der Waals surface area contributed by atoms with Crippen LogP contribution in [0, 0.1) is 0 Å². The van der Waals surface area contributed by atoms with Crippen LogP contribution >= 0.6 is 0 Å². The van der Waals surface area contributed by atoms with Crippen molar-refractivity contribution in [3.05, 3.63) is 47.3 Å². The minimum Gasteiger partial charge on any atom is -0.399 e. The molecule has 7 nitrogen and oxygen atoms in total. The highest BCUT2D eigenvalue weighted by molar-refractivity contribution is 5.90. The molecule has 2 aromatic heterocycles. The molecule has 0 bridgehead atoms. The summed E-state index contributed by atoms with van der Waals surface area (Å²) in [5.41, 5.74) is 7.00. The number of ether oxygens (including phenoxy) is 1. The molecule has 1 saturated heterocycles. The van der Waals surface area contributed by atoms with Crippen LogP contribution in [0.5, 0.6) is 0 Å². The van der Waals surface area contributed by atoms with Crippen LogP contribution < -0.4 is 16.4 Å². The van der Waals surface area contributed by atoms with Crippen LogP contribution in [0.2, 0.25) is 0 Å². The van der Waals surface area contributed by atoms with E-state index in [1.807, 2.05) is 6.07 Å². The van der Waals surface area contributed by atoms with Crippen LogP contribution in [0.3, 0.4) is 0 Å². The molecule has 32 heavy (non-hydrogen) atoms. The number of nitrogens with two attached hydrogens (primary N) is 1. The minimum absolute atomic E-state index is 0.0536. The number of nitrogens with one attached hydrogen (secondary N) is 2. The van der Waals surface area contributed by atoms with Crippen LogP contribution in [0.4, 0.5) is 30.6 Å². The average molecular weight is 446 g/mol. The lowest BCUT2D eigenvalue weighted by Crippen LogP contribution is -2.16. The fourth-order valence-corrected chi connectivity index (χ4v) is 3.87. The molecule has 4 N–H and O–H groups in total. The van der Waals surface area contributed by atoms with Gasteiger partial charge in [0, 0.05) is 42.9 Å². The molecule has 0 unspecified atom stereocenters. The van der Waals surface area contributed by atoms with E-state index in [1.54, 1.807) is 20.2 Å². The maximum absolute atomic E-state index is 13.2. The molecule has 10 heteroatoms. The lowest BCUT2D eigenvalue weighted by atomic mass is 9.95. The first kappa shape index (κ1) is 22.1. The third kappa shape index (κ3) is 4.69. The van der Waals surface area contributed by atoms with Gasteiger partial charge in [0.15, 0.2) is 0 Å². The Hall–Kier alpha value is -3.14. The van der Waals surface area contributed by atoms with E-state index in [2.05, 4.69) is 25.6 Å². The van der Waals surface area contributed by atoms with Crippen LogP contribution in [-0.4, -0.2) is 35.2 Å². The summed E-state index contributed by atoms with van der Waals surface area (Å²) in [6.07, 6.45) is -0.997. The Kier molecular flexibility index (Phi) is 6.05. The van der Waals surface area contributed by atoms with E-state index in [0.29, 0.717) is 36.1 Å². The predicted molar refractivity (Wildman–Crippen MR) is 118 cm³/mol. The second-order valence-electron chi connectivity index (χ2n) is 7.91. The van der Waals surface area contributed by atoms with Gasteiger partial charge < -0.3 is 21.1 Å². The molecular weight excluding hydrogens is 421 g/mol. The first-order valence-electron chi connectivity index (χ1n) is 10.4. The van der Waals surface area contributed by atoms with E-state index in [-0.39, 0.29) is 11.6 Å². The highest BCUT2D eigenvalue weighted by Crippen LogP contribution is 2.35. The summed E-state index contributed by atoms with van der Waals surface area (Å²) in [6.45, 7) is 3.15. The lowest BCUT2D eigenvalue weighted by molar-refractivity contribution is -0.137. The molecule has 170 valence electrons. The number of nitrogen functional groups attached to an aromatic ring is 1. The molecular formula is C22H25F3N6O. The van der Waals surface area contributed by atoms with E-state index in [9.17, 15) is 13.2 Å². The monoisotopic (exact) mass is 446 g/mol. The normalized spacial score (nSPS) is 16.2. The number of hydrogen-bond acceptors (Lipinski definition) is 7. The maximum Gasteiger partial charge on any atom is 0.416 e. The molecule has 3 aromatic rings. The van der Waals surface area contributed by atoms with E-state index < -0.39 is 17.8 Å². The molecule has 1 aliphatic rings. The second-order valence-corrected chi connectivity index (χ2v) is 7.91. The Balaban J connectivity index is 1.71. The number of aromatic nitrogens is 3. The summed E-state index contributed by atoms with van der Waals surface area (Å²) >= 11 is 0. The standard InChI is InChI=1S/C22H25F3N6O/c1-12(14-7-15(22(23,24)25)9-16(26)8-14)29-20-17-10-18(13-3-5-32-6-4-13)28-11-19(17)30-21(27-2)31-20/h7-13H,3-6,26H2,1-2H3,(H2,27,29,30,31)/t12-/m1/s1. The number of anilines is 3. The first-order chi connectivity index (χ1) is 15.2. The summed E-state index contributed by atoms with van der Waals surface area (Å²) in [7, 11) is 1.70. The molecule has 4 rings (SSSR count). The van der Waals surface area contributed by atoms with Gasteiger partial charge in [0.1, 0.15) is 5.82 Å². The summed E-state index contributed by atoms with van der Waals surface area (Å²) in [5.74, 6) is 1.18. The van der Waals surface area contributed by atoms with Crippen molar-refractivity contribution in [1.29, 1.82) is 0 Å². The number of rotatable bonds is 5. The van der Waals surface area contributed by atoms with Crippen molar-refractivity contribution < 1.29 is 17.9 Å². The number of halogens is 3. The van der Waals surface area contributed by atoms with Gasteiger partial charge in [-0.05, 0) is 49.6 Å². The van der Waals surface area contributed by atoms with Crippen molar-refractivity contribution in [3.8, 4) is 0 Å². The molecule has 1 fully saturated rings. The SMILES string of the molecule is CNc1nc(N[C@H](C)c2cc(N)cc(C(F)(F)F)c2)c2cc(C3CCOCC3)ncc2n1. The topological polar surface area (TPSA) is 98.0 Å². The Morgan fingerprint density at radius 2 is 1.88 bits per heavy atom. The zero-order chi connectivity index (χ0) is 22.9. The maximum atomic E-state index is 13.2. The van der Waals surface area contributed by atoms with Crippen LogP contribution in [0.1, 0.15) is 48.5 Å². The third-order valence-corrected chi connectivity index (χ3v) is 5.62.